The van der Waals surface area contributed by atoms with E-state index in [1.54, 1.807) is 13.0 Å². The van der Waals surface area contributed by atoms with Gasteiger partial charge in [-0.25, -0.2) is 8.78 Å². The van der Waals surface area contributed by atoms with Gasteiger partial charge in [-0.3, -0.25) is 0 Å². The normalized spacial score (nSPS) is 34.2. The van der Waals surface area contributed by atoms with E-state index in [9.17, 15) is 22.4 Å². The monoisotopic (exact) mass is 430 g/mol. The van der Waals surface area contributed by atoms with Gasteiger partial charge in [0.05, 0.1) is 12.8 Å². The molecule has 0 bridgehead atoms. The molecule has 0 aromatic heterocycles. The highest BCUT2D eigenvalue weighted by Crippen LogP contribution is 2.66. The lowest BCUT2D eigenvalue weighted by molar-refractivity contribution is -0.131. The van der Waals surface area contributed by atoms with Crippen LogP contribution in [0.2, 0.25) is 0 Å². The first kappa shape index (κ1) is 20.3. The molecule has 3 N–H and O–H groups in total. The summed E-state index contributed by atoms with van der Waals surface area (Å²) >= 11 is 0. The molecule has 2 fully saturated rings. The Hall–Kier alpha value is -1.94. The standard InChI is InChI=1S/C19H24F2N2O5S/c1-18-5-3-10-11-8-16(27-2)17(28-29(22,25)26)9-13(11)15(23-24)7-12(10)14(18)4-6-19(18,20)21/h8-10,12,14,24H,3-7H2,1-2H3,(H2,22,25,26)/b23-15-/t10?,12?,14?,18-/m0/s1. The van der Waals surface area contributed by atoms with Gasteiger partial charge in [0.25, 0.3) is 5.92 Å². The zero-order valence-corrected chi connectivity index (χ0v) is 17.0. The smallest absolute Gasteiger partial charge is 0.380 e. The van der Waals surface area contributed by atoms with Crippen molar-refractivity contribution < 1.29 is 31.3 Å². The van der Waals surface area contributed by atoms with Crippen LogP contribution in [-0.4, -0.2) is 32.4 Å². The zero-order chi connectivity index (χ0) is 21.2. The van der Waals surface area contributed by atoms with E-state index < -0.39 is 21.6 Å². The van der Waals surface area contributed by atoms with Crippen LogP contribution in [0.3, 0.4) is 0 Å². The molecule has 0 saturated heterocycles. The number of halogens is 2. The summed E-state index contributed by atoms with van der Waals surface area (Å²) in [7, 11) is -2.91. The van der Waals surface area contributed by atoms with Gasteiger partial charge in [0.1, 0.15) is 0 Å². The summed E-state index contributed by atoms with van der Waals surface area (Å²) in [6, 6.07) is 3.08. The van der Waals surface area contributed by atoms with Gasteiger partial charge in [-0.1, -0.05) is 12.1 Å². The van der Waals surface area contributed by atoms with Crippen molar-refractivity contribution in [1.82, 2.24) is 0 Å². The maximum Gasteiger partial charge on any atom is 0.380 e. The van der Waals surface area contributed by atoms with Crippen LogP contribution in [0.25, 0.3) is 0 Å². The van der Waals surface area contributed by atoms with Gasteiger partial charge in [-0.15, -0.1) is 0 Å². The number of fused-ring (bicyclic) bond motifs is 5. The third-order valence-corrected chi connectivity index (χ3v) is 7.65. The van der Waals surface area contributed by atoms with Crippen LogP contribution < -0.4 is 14.1 Å². The minimum absolute atomic E-state index is 0.0140. The second-order valence-electron chi connectivity index (χ2n) is 8.49. The van der Waals surface area contributed by atoms with E-state index in [1.165, 1.54) is 13.2 Å². The summed E-state index contributed by atoms with van der Waals surface area (Å²) in [6.45, 7) is 1.68. The van der Waals surface area contributed by atoms with Gasteiger partial charge in [0, 0.05) is 17.4 Å². The van der Waals surface area contributed by atoms with E-state index in [0.717, 1.165) is 5.56 Å². The molecule has 0 amide bonds. The third kappa shape index (κ3) is 3.07. The lowest BCUT2D eigenvalue weighted by Gasteiger charge is -2.50. The summed E-state index contributed by atoms with van der Waals surface area (Å²) < 4.78 is 62.2. The average Bonchev–Trinajstić information content (AvgIpc) is 2.88. The summed E-state index contributed by atoms with van der Waals surface area (Å²) in [6.07, 6.45) is 1.61. The number of nitrogens with two attached hydrogens (primary N) is 1. The summed E-state index contributed by atoms with van der Waals surface area (Å²) in [4.78, 5) is 0. The first-order chi connectivity index (χ1) is 13.5. The fourth-order valence-electron chi connectivity index (χ4n) is 5.80. The SMILES string of the molecule is COc1cc2c(cc1OS(N)(=O)=O)/C(=N\O)CC1C2CC[C@@]2(C)C1CCC2(F)F. The molecule has 7 nitrogen and oxygen atoms in total. The average molecular weight is 430 g/mol. The molecule has 3 unspecified atom stereocenters. The van der Waals surface area contributed by atoms with E-state index in [0.29, 0.717) is 37.0 Å². The predicted octanol–water partition coefficient (Wildman–Crippen LogP) is 3.40. The highest BCUT2D eigenvalue weighted by atomic mass is 32.2. The number of benzene rings is 1. The second kappa shape index (κ2) is 6.53. The molecular formula is C19H24F2N2O5S. The number of hydrogen-bond donors (Lipinski definition) is 2. The molecule has 1 aromatic carbocycles. The van der Waals surface area contributed by atoms with Crippen LogP contribution in [0.1, 0.15) is 56.1 Å². The Morgan fingerprint density at radius 1 is 1.24 bits per heavy atom. The van der Waals surface area contributed by atoms with Gasteiger partial charge in [-0.2, -0.15) is 13.6 Å². The predicted molar refractivity (Wildman–Crippen MR) is 101 cm³/mol. The Morgan fingerprint density at radius 2 is 1.97 bits per heavy atom. The highest BCUT2D eigenvalue weighted by Gasteiger charge is 2.64. The lowest BCUT2D eigenvalue weighted by Crippen LogP contribution is -2.47. The molecule has 160 valence electrons. The van der Waals surface area contributed by atoms with Crippen molar-refractivity contribution in [3.05, 3.63) is 23.3 Å². The van der Waals surface area contributed by atoms with Crippen molar-refractivity contribution >= 4 is 16.0 Å². The van der Waals surface area contributed by atoms with Crippen molar-refractivity contribution in [1.29, 1.82) is 0 Å². The van der Waals surface area contributed by atoms with Crippen LogP contribution in [0.5, 0.6) is 11.5 Å². The number of hydrogen-bond acceptors (Lipinski definition) is 6. The molecule has 0 spiro atoms. The van der Waals surface area contributed by atoms with E-state index in [2.05, 4.69) is 5.16 Å². The minimum atomic E-state index is -4.28. The fourth-order valence-corrected chi connectivity index (χ4v) is 6.18. The van der Waals surface area contributed by atoms with Crippen molar-refractivity contribution in [2.45, 2.75) is 50.9 Å². The van der Waals surface area contributed by atoms with Crippen LogP contribution in [0.4, 0.5) is 8.78 Å². The quantitative estimate of drug-likeness (QED) is 0.564. The number of ether oxygens (including phenoxy) is 1. The van der Waals surface area contributed by atoms with Crippen LogP contribution in [-0.2, 0) is 10.3 Å². The minimum Gasteiger partial charge on any atom is -0.493 e. The lowest BCUT2D eigenvalue weighted by atomic mass is 9.55. The van der Waals surface area contributed by atoms with Crippen molar-refractivity contribution in [3.63, 3.8) is 0 Å². The molecule has 1 aromatic rings. The molecule has 3 aliphatic carbocycles. The topological polar surface area (TPSA) is 111 Å². The van der Waals surface area contributed by atoms with Crippen LogP contribution in [0, 0.1) is 17.3 Å². The van der Waals surface area contributed by atoms with Crippen LogP contribution >= 0.6 is 0 Å². The molecule has 4 rings (SSSR count). The van der Waals surface area contributed by atoms with Crippen LogP contribution in [0.15, 0.2) is 17.3 Å². The van der Waals surface area contributed by atoms with E-state index >= 15 is 0 Å². The molecule has 4 atom stereocenters. The molecule has 10 heteroatoms. The second-order valence-corrected chi connectivity index (χ2v) is 9.65. The molecule has 2 saturated carbocycles. The molecule has 3 aliphatic rings. The molecular weight excluding hydrogens is 406 g/mol. The van der Waals surface area contributed by atoms with E-state index in [-0.39, 0.29) is 35.7 Å². The molecule has 0 heterocycles. The van der Waals surface area contributed by atoms with Gasteiger partial charge in [-0.05, 0) is 61.1 Å². The Balaban J connectivity index is 1.81. The number of nitrogens with zero attached hydrogens (tertiary/aromatic N) is 1. The number of methoxy groups -OCH3 is 1. The first-order valence-electron chi connectivity index (χ1n) is 9.54. The highest BCUT2D eigenvalue weighted by molar-refractivity contribution is 7.84. The maximum absolute atomic E-state index is 14.6. The fraction of sp³-hybridized carbons (Fsp3) is 0.632. The molecule has 29 heavy (non-hydrogen) atoms. The Kier molecular flexibility index (Phi) is 4.58. The van der Waals surface area contributed by atoms with E-state index in [4.69, 9.17) is 14.1 Å². The third-order valence-electron chi connectivity index (χ3n) is 7.23. The van der Waals surface area contributed by atoms with Gasteiger partial charge in [0.2, 0.25) is 0 Å². The first-order valence-corrected chi connectivity index (χ1v) is 11.0. The summed E-state index contributed by atoms with van der Waals surface area (Å²) in [5.41, 5.74) is 0.585. The largest absolute Gasteiger partial charge is 0.493 e. The van der Waals surface area contributed by atoms with Gasteiger partial charge < -0.3 is 14.1 Å². The Labute approximate surface area is 168 Å². The van der Waals surface area contributed by atoms with Gasteiger partial charge >= 0.3 is 10.3 Å². The van der Waals surface area contributed by atoms with Crippen molar-refractivity contribution in [2.75, 3.05) is 7.11 Å². The van der Waals surface area contributed by atoms with Crippen molar-refractivity contribution in [2.24, 2.45) is 27.5 Å². The Bertz CT molecular complexity index is 981. The van der Waals surface area contributed by atoms with Gasteiger partial charge in [0.15, 0.2) is 11.5 Å². The number of oxime groups is 1. The molecule has 0 radical (unpaired) electrons. The number of rotatable bonds is 3. The number of alkyl halides is 2. The van der Waals surface area contributed by atoms with E-state index in [1.807, 2.05) is 0 Å². The summed E-state index contributed by atoms with van der Waals surface area (Å²) in [5, 5.41) is 18.0. The molecule has 0 aliphatic heterocycles. The maximum atomic E-state index is 14.6. The Morgan fingerprint density at radius 3 is 2.59 bits per heavy atom. The summed E-state index contributed by atoms with van der Waals surface area (Å²) in [5.74, 6) is -2.94. The van der Waals surface area contributed by atoms with Crippen molar-refractivity contribution in [3.8, 4) is 11.5 Å². The zero-order valence-electron chi connectivity index (χ0n) is 16.2.